The summed E-state index contributed by atoms with van der Waals surface area (Å²) in [5.74, 6) is 0.985. The molecular formula is C9H11BO2. The van der Waals surface area contributed by atoms with Crippen LogP contribution < -0.4 is 10.2 Å². The molecule has 1 heterocycles. The van der Waals surface area contributed by atoms with Crippen molar-refractivity contribution in [1.82, 2.24) is 0 Å². The molecule has 62 valence electrons. The average Bonchev–Trinajstić information content (AvgIpc) is 2.17. The highest BCUT2D eigenvalue weighted by molar-refractivity contribution is 6.45. The predicted molar refractivity (Wildman–Crippen MR) is 49.3 cm³/mol. The minimum Gasteiger partial charge on any atom is -0.493 e. The summed E-state index contributed by atoms with van der Waals surface area (Å²) in [5, 5.41) is 8.90. The van der Waals surface area contributed by atoms with Crippen LogP contribution in [-0.4, -0.2) is 19.1 Å². The maximum Gasteiger partial charge on any atom is 0.304 e. The number of ether oxygens (including phenoxy) is 1. The fourth-order valence-corrected chi connectivity index (χ4v) is 1.51. The fraction of sp³-hybridized carbons (Fsp3) is 0.333. The predicted octanol–water partition coefficient (Wildman–Crippen LogP) is -0.0193. The van der Waals surface area contributed by atoms with Gasteiger partial charge in [0.1, 0.15) is 5.75 Å². The van der Waals surface area contributed by atoms with Gasteiger partial charge in [0.15, 0.2) is 0 Å². The highest BCUT2D eigenvalue weighted by atomic mass is 16.5. The molecule has 2 nitrogen and oxygen atoms in total. The number of fused-ring (bicyclic) bond motifs is 1. The molecule has 0 saturated carbocycles. The smallest absolute Gasteiger partial charge is 0.304 e. The van der Waals surface area contributed by atoms with Crippen LogP contribution in [0.1, 0.15) is 12.0 Å². The van der Waals surface area contributed by atoms with E-state index in [2.05, 4.69) is 0 Å². The number of aryl methyl sites for hydroxylation is 1. The first-order chi connectivity index (χ1) is 5.90. The molecule has 12 heavy (non-hydrogen) atoms. The van der Waals surface area contributed by atoms with Crippen LogP contribution in [0.3, 0.4) is 0 Å². The third-order valence-electron chi connectivity index (χ3n) is 2.16. The summed E-state index contributed by atoms with van der Waals surface area (Å²) in [6.45, 7) is 0.825. The van der Waals surface area contributed by atoms with Gasteiger partial charge in [-0.05, 0) is 24.5 Å². The maximum absolute atomic E-state index is 8.90. The molecule has 0 atom stereocenters. The van der Waals surface area contributed by atoms with Crippen LogP contribution in [0.25, 0.3) is 0 Å². The molecule has 1 N–H and O–H groups in total. The van der Waals surface area contributed by atoms with Crippen molar-refractivity contribution < 1.29 is 9.76 Å². The molecule has 3 heteroatoms. The van der Waals surface area contributed by atoms with E-state index in [1.807, 2.05) is 18.2 Å². The van der Waals surface area contributed by atoms with Gasteiger partial charge in [-0.1, -0.05) is 17.6 Å². The molecule has 0 radical (unpaired) electrons. The highest BCUT2D eigenvalue weighted by Crippen LogP contribution is 2.22. The number of hydrogen-bond acceptors (Lipinski definition) is 2. The zero-order chi connectivity index (χ0) is 8.39. The van der Waals surface area contributed by atoms with Crippen LogP contribution in [0.4, 0.5) is 0 Å². The molecule has 2 rings (SSSR count). The number of benzene rings is 1. The van der Waals surface area contributed by atoms with Gasteiger partial charge in [-0.2, -0.15) is 0 Å². The Kier molecular flexibility index (Phi) is 2.04. The summed E-state index contributed by atoms with van der Waals surface area (Å²) in [4.78, 5) is 0. The van der Waals surface area contributed by atoms with E-state index in [4.69, 9.17) is 9.76 Å². The van der Waals surface area contributed by atoms with Crippen LogP contribution in [0.5, 0.6) is 5.75 Å². The molecule has 0 saturated heterocycles. The zero-order valence-electron chi connectivity index (χ0n) is 6.92. The summed E-state index contributed by atoms with van der Waals surface area (Å²) >= 11 is 0. The molecule has 0 spiro atoms. The van der Waals surface area contributed by atoms with Crippen LogP contribution in [0.2, 0.25) is 0 Å². The Balaban J connectivity index is 2.36. The van der Waals surface area contributed by atoms with Crippen molar-refractivity contribution in [2.45, 2.75) is 12.8 Å². The van der Waals surface area contributed by atoms with Gasteiger partial charge in [0.2, 0.25) is 0 Å². The van der Waals surface area contributed by atoms with Gasteiger partial charge in [0.25, 0.3) is 0 Å². The Bertz CT molecular complexity index is 286. The quantitative estimate of drug-likeness (QED) is 0.588. The fourth-order valence-electron chi connectivity index (χ4n) is 1.51. The first-order valence-electron chi connectivity index (χ1n) is 4.25. The largest absolute Gasteiger partial charge is 0.493 e. The summed E-state index contributed by atoms with van der Waals surface area (Å²) in [5.41, 5.74) is 2.20. The molecule has 0 amide bonds. The molecule has 0 aromatic heterocycles. The normalized spacial score (nSPS) is 14.8. The van der Waals surface area contributed by atoms with Crippen LogP contribution in [-0.2, 0) is 6.42 Å². The van der Waals surface area contributed by atoms with E-state index in [9.17, 15) is 0 Å². The Morgan fingerprint density at radius 1 is 1.42 bits per heavy atom. The van der Waals surface area contributed by atoms with Gasteiger partial charge >= 0.3 is 7.48 Å². The SMILES string of the molecule is OBc1ccc2c(c1)CCCO2. The van der Waals surface area contributed by atoms with E-state index >= 15 is 0 Å². The highest BCUT2D eigenvalue weighted by Gasteiger charge is 2.09. The number of hydrogen-bond donors (Lipinski definition) is 1. The lowest BCUT2D eigenvalue weighted by Crippen LogP contribution is -2.17. The van der Waals surface area contributed by atoms with Crippen LogP contribution >= 0.6 is 0 Å². The van der Waals surface area contributed by atoms with E-state index in [0.29, 0.717) is 0 Å². The van der Waals surface area contributed by atoms with E-state index in [0.717, 1.165) is 30.7 Å². The Morgan fingerprint density at radius 3 is 3.17 bits per heavy atom. The van der Waals surface area contributed by atoms with Crippen molar-refractivity contribution in [2.75, 3.05) is 6.61 Å². The molecule has 1 aromatic carbocycles. The second kappa shape index (κ2) is 3.19. The standard InChI is InChI=1S/C9H11BO2/c11-10-8-3-4-9-7(6-8)2-1-5-12-9/h3-4,6,10-11H,1-2,5H2. The summed E-state index contributed by atoms with van der Waals surface area (Å²) in [6.07, 6.45) is 2.16. The summed E-state index contributed by atoms with van der Waals surface area (Å²) in [7, 11) is 0.118. The Morgan fingerprint density at radius 2 is 2.33 bits per heavy atom. The van der Waals surface area contributed by atoms with Crippen molar-refractivity contribution in [3.05, 3.63) is 23.8 Å². The number of rotatable bonds is 1. The van der Waals surface area contributed by atoms with Crippen molar-refractivity contribution >= 4 is 12.9 Å². The van der Waals surface area contributed by atoms with E-state index in [1.165, 1.54) is 5.56 Å². The first kappa shape index (κ1) is 7.68. The third kappa shape index (κ3) is 1.32. The molecule has 0 unspecified atom stereocenters. The maximum atomic E-state index is 8.90. The van der Waals surface area contributed by atoms with Crippen molar-refractivity contribution in [3.8, 4) is 5.75 Å². The van der Waals surface area contributed by atoms with Gasteiger partial charge in [-0.15, -0.1) is 0 Å². The van der Waals surface area contributed by atoms with Gasteiger partial charge in [-0.3, -0.25) is 0 Å². The first-order valence-corrected chi connectivity index (χ1v) is 4.25. The Hall–Kier alpha value is -0.955. The molecule has 0 fully saturated rings. The molecule has 1 aromatic rings. The topological polar surface area (TPSA) is 29.5 Å². The molecule has 0 bridgehead atoms. The zero-order valence-corrected chi connectivity index (χ0v) is 6.92. The molecule has 0 aliphatic carbocycles. The van der Waals surface area contributed by atoms with E-state index < -0.39 is 0 Å². The van der Waals surface area contributed by atoms with Crippen molar-refractivity contribution in [2.24, 2.45) is 0 Å². The minimum atomic E-state index is 0.118. The van der Waals surface area contributed by atoms with Crippen molar-refractivity contribution in [3.63, 3.8) is 0 Å². The van der Waals surface area contributed by atoms with E-state index in [1.54, 1.807) is 0 Å². The molecule has 1 aliphatic rings. The second-order valence-corrected chi connectivity index (χ2v) is 3.05. The van der Waals surface area contributed by atoms with Crippen LogP contribution in [0, 0.1) is 0 Å². The monoisotopic (exact) mass is 162 g/mol. The van der Waals surface area contributed by atoms with Crippen LogP contribution in [0.15, 0.2) is 18.2 Å². The molecule has 1 aliphatic heterocycles. The third-order valence-corrected chi connectivity index (χ3v) is 2.16. The van der Waals surface area contributed by atoms with Gasteiger partial charge in [0.05, 0.1) is 6.61 Å². The minimum absolute atomic E-state index is 0.118. The lowest BCUT2D eigenvalue weighted by atomic mass is 9.86. The van der Waals surface area contributed by atoms with Crippen molar-refractivity contribution in [1.29, 1.82) is 0 Å². The second-order valence-electron chi connectivity index (χ2n) is 3.05. The lowest BCUT2D eigenvalue weighted by Gasteiger charge is -2.17. The van der Waals surface area contributed by atoms with E-state index in [-0.39, 0.29) is 7.48 Å². The summed E-state index contributed by atoms with van der Waals surface area (Å²) in [6, 6.07) is 5.87. The lowest BCUT2D eigenvalue weighted by molar-refractivity contribution is 0.288. The van der Waals surface area contributed by atoms with Gasteiger partial charge in [-0.25, -0.2) is 0 Å². The van der Waals surface area contributed by atoms with Gasteiger partial charge < -0.3 is 9.76 Å². The average molecular weight is 162 g/mol. The Labute approximate surface area is 72.5 Å². The van der Waals surface area contributed by atoms with Gasteiger partial charge in [0, 0.05) is 0 Å². The summed E-state index contributed by atoms with van der Waals surface area (Å²) < 4.78 is 5.44. The molecular weight excluding hydrogens is 151 g/mol.